The topological polar surface area (TPSA) is 64.8 Å². The molecule has 0 N–H and O–H groups in total. The van der Waals surface area contributed by atoms with Crippen LogP contribution in [0.25, 0.3) is 0 Å². The first-order chi connectivity index (χ1) is 9.34. The van der Waals surface area contributed by atoms with Crippen molar-refractivity contribution in [3.05, 3.63) is 41.2 Å². The molecule has 0 atom stereocenters. The molecule has 108 valence electrons. The van der Waals surface area contributed by atoms with Crippen LogP contribution in [-0.2, 0) is 22.0 Å². The van der Waals surface area contributed by atoms with Gasteiger partial charge in [-0.2, -0.15) is 0 Å². The predicted molar refractivity (Wildman–Crippen MR) is 67.9 cm³/mol. The van der Waals surface area contributed by atoms with E-state index in [2.05, 4.69) is 10.2 Å². The van der Waals surface area contributed by atoms with Gasteiger partial charge in [0.25, 0.3) is 14.2 Å². The molecule has 0 unspecified atom stereocenters. The molecule has 0 saturated heterocycles. The second-order valence-electron chi connectivity index (χ2n) is 3.97. The second-order valence-corrected chi connectivity index (χ2v) is 6.43. The van der Waals surface area contributed by atoms with E-state index in [1.54, 1.807) is 6.92 Å². The summed E-state index contributed by atoms with van der Waals surface area (Å²) < 4.78 is 50.6. The van der Waals surface area contributed by atoms with Crippen molar-refractivity contribution >= 4 is 19.7 Å². The average molecular weight is 322 g/mol. The van der Waals surface area contributed by atoms with Gasteiger partial charge >= 0.3 is 0 Å². The Labute approximate surface area is 118 Å². The fraction of sp³-hybridized carbons (Fsp3) is 0.273. The first-order valence-corrected chi connectivity index (χ1v) is 7.95. The largest absolute Gasteiger partial charge is 0.301 e. The Balaban J connectivity index is 2.45. The number of halogens is 3. The number of benzene rings is 1. The molecule has 0 spiro atoms. The molecule has 2 aromatic rings. The van der Waals surface area contributed by atoms with Crippen molar-refractivity contribution in [2.45, 2.75) is 25.0 Å². The number of rotatable bonds is 4. The monoisotopic (exact) mass is 321 g/mol. The molecule has 0 bridgehead atoms. The van der Waals surface area contributed by atoms with Crippen LogP contribution < -0.4 is 0 Å². The van der Waals surface area contributed by atoms with Crippen molar-refractivity contribution in [2.75, 3.05) is 0 Å². The maximum atomic E-state index is 13.6. The van der Waals surface area contributed by atoms with Crippen LogP contribution in [0.2, 0.25) is 0 Å². The van der Waals surface area contributed by atoms with Crippen LogP contribution in [0.5, 0.6) is 0 Å². The summed E-state index contributed by atoms with van der Waals surface area (Å²) in [6.07, 6.45) is -0.0865. The molecule has 0 amide bonds. The van der Waals surface area contributed by atoms with Gasteiger partial charge in [0.15, 0.2) is 11.6 Å². The second kappa shape index (κ2) is 5.45. The fourth-order valence-corrected chi connectivity index (χ4v) is 2.78. The zero-order valence-corrected chi connectivity index (χ0v) is 11.9. The molecule has 1 aromatic heterocycles. The van der Waals surface area contributed by atoms with Gasteiger partial charge in [-0.15, -0.1) is 10.2 Å². The van der Waals surface area contributed by atoms with Crippen molar-refractivity contribution in [3.8, 4) is 0 Å². The summed E-state index contributed by atoms with van der Waals surface area (Å²) in [6, 6.07) is 3.75. The standard InChI is InChI=1S/C11H10ClF2N3O2S/c1-2-17-9(15-16-11(17)20(12,18)19)6-7-4-3-5-8(13)10(7)14/h3-5H,2,6H2,1H3. The number of hydrogen-bond donors (Lipinski definition) is 0. The molecule has 0 saturated carbocycles. The highest BCUT2D eigenvalue weighted by molar-refractivity contribution is 8.13. The Morgan fingerprint density at radius 2 is 2.00 bits per heavy atom. The summed E-state index contributed by atoms with van der Waals surface area (Å²) in [5.74, 6) is -1.78. The maximum absolute atomic E-state index is 13.6. The molecule has 1 heterocycles. The van der Waals surface area contributed by atoms with E-state index in [0.717, 1.165) is 6.07 Å². The molecule has 9 heteroatoms. The Morgan fingerprint density at radius 1 is 1.30 bits per heavy atom. The van der Waals surface area contributed by atoms with Crippen molar-refractivity contribution in [2.24, 2.45) is 0 Å². The molecule has 0 aliphatic heterocycles. The first-order valence-electron chi connectivity index (χ1n) is 5.64. The number of nitrogens with zero attached hydrogens (tertiary/aromatic N) is 3. The average Bonchev–Trinajstić information content (AvgIpc) is 2.77. The fourth-order valence-electron chi connectivity index (χ4n) is 1.80. The van der Waals surface area contributed by atoms with Gasteiger partial charge in [0.2, 0.25) is 0 Å². The minimum absolute atomic E-state index is 0.0608. The molecular formula is C11H10ClF2N3O2S. The minimum Gasteiger partial charge on any atom is -0.301 e. The molecule has 0 aliphatic rings. The van der Waals surface area contributed by atoms with Crippen LogP contribution in [-0.4, -0.2) is 23.2 Å². The summed E-state index contributed by atoms with van der Waals surface area (Å²) >= 11 is 0. The third-order valence-electron chi connectivity index (χ3n) is 2.71. The molecule has 1 aromatic carbocycles. The van der Waals surface area contributed by atoms with Crippen molar-refractivity contribution in [1.29, 1.82) is 0 Å². The first kappa shape index (κ1) is 14.9. The molecule has 5 nitrogen and oxygen atoms in total. The van der Waals surface area contributed by atoms with Crippen molar-refractivity contribution < 1.29 is 17.2 Å². The SMILES string of the molecule is CCn1c(Cc2cccc(F)c2F)nnc1S(=O)(=O)Cl. The summed E-state index contributed by atoms with van der Waals surface area (Å²) in [6.45, 7) is 1.90. The van der Waals surface area contributed by atoms with Gasteiger partial charge < -0.3 is 4.57 Å². The Bertz CT molecular complexity index is 746. The van der Waals surface area contributed by atoms with Crippen LogP contribution in [0, 0.1) is 11.6 Å². The van der Waals surface area contributed by atoms with E-state index in [1.807, 2.05) is 0 Å². The van der Waals surface area contributed by atoms with Crippen molar-refractivity contribution in [3.63, 3.8) is 0 Å². The highest BCUT2D eigenvalue weighted by atomic mass is 35.7. The lowest BCUT2D eigenvalue weighted by Crippen LogP contribution is -2.09. The van der Waals surface area contributed by atoms with Crippen LogP contribution in [0.4, 0.5) is 8.78 Å². The van der Waals surface area contributed by atoms with Gasteiger partial charge in [0.1, 0.15) is 5.82 Å². The Hall–Kier alpha value is -1.54. The summed E-state index contributed by atoms with van der Waals surface area (Å²) in [5, 5.41) is 6.75. The molecular weight excluding hydrogens is 312 g/mol. The maximum Gasteiger partial charge on any atom is 0.296 e. The summed E-state index contributed by atoms with van der Waals surface area (Å²) in [5.41, 5.74) is 0.0608. The molecule has 0 aliphatic carbocycles. The van der Waals surface area contributed by atoms with Crippen LogP contribution in [0.15, 0.2) is 23.4 Å². The van der Waals surface area contributed by atoms with E-state index < -0.39 is 25.8 Å². The van der Waals surface area contributed by atoms with Gasteiger partial charge in [-0.3, -0.25) is 0 Å². The normalized spacial score (nSPS) is 11.8. The smallest absolute Gasteiger partial charge is 0.296 e. The molecule has 2 rings (SSSR count). The van der Waals surface area contributed by atoms with E-state index >= 15 is 0 Å². The number of hydrogen-bond acceptors (Lipinski definition) is 4. The predicted octanol–water partition coefficient (Wildman–Crippen LogP) is 2.09. The summed E-state index contributed by atoms with van der Waals surface area (Å²) in [7, 11) is 1.19. The molecule has 0 radical (unpaired) electrons. The van der Waals surface area contributed by atoms with Gasteiger partial charge in [-0.1, -0.05) is 12.1 Å². The highest BCUT2D eigenvalue weighted by Crippen LogP contribution is 2.18. The highest BCUT2D eigenvalue weighted by Gasteiger charge is 2.22. The van der Waals surface area contributed by atoms with E-state index in [-0.39, 0.29) is 24.4 Å². The quantitative estimate of drug-likeness (QED) is 0.809. The minimum atomic E-state index is -4.04. The molecule has 0 fully saturated rings. The lowest BCUT2D eigenvalue weighted by molar-refractivity contribution is 0.498. The van der Waals surface area contributed by atoms with Crippen LogP contribution in [0.3, 0.4) is 0 Å². The number of aromatic nitrogens is 3. The van der Waals surface area contributed by atoms with E-state index in [1.165, 1.54) is 16.7 Å². The molecule has 20 heavy (non-hydrogen) atoms. The van der Waals surface area contributed by atoms with Gasteiger partial charge in [0.05, 0.1) is 0 Å². The van der Waals surface area contributed by atoms with E-state index in [0.29, 0.717) is 0 Å². The van der Waals surface area contributed by atoms with E-state index in [9.17, 15) is 17.2 Å². The Morgan fingerprint density at radius 3 is 2.60 bits per heavy atom. The summed E-state index contributed by atoms with van der Waals surface area (Å²) in [4.78, 5) is 0. The lowest BCUT2D eigenvalue weighted by Gasteiger charge is -2.06. The lowest BCUT2D eigenvalue weighted by atomic mass is 10.1. The van der Waals surface area contributed by atoms with Gasteiger partial charge in [0, 0.05) is 23.6 Å². The van der Waals surface area contributed by atoms with E-state index in [4.69, 9.17) is 10.7 Å². The van der Waals surface area contributed by atoms with Gasteiger partial charge in [-0.05, 0) is 18.6 Å². The zero-order chi connectivity index (χ0) is 14.9. The van der Waals surface area contributed by atoms with Crippen LogP contribution >= 0.6 is 10.7 Å². The van der Waals surface area contributed by atoms with Crippen molar-refractivity contribution in [1.82, 2.24) is 14.8 Å². The third-order valence-corrected chi connectivity index (χ3v) is 3.86. The van der Waals surface area contributed by atoms with Crippen LogP contribution in [0.1, 0.15) is 18.3 Å². The Kier molecular flexibility index (Phi) is 4.05. The van der Waals surface area contributed by atoms with Gasteiger partial charge in [-0.25, -0.2) is 17.2 Å². The zero-order valence-electron chi connectivity index (χ0n) is 10.3. The third kappa shape index (κ3) is 2.80.